The number of carbonyl (C=O) groups excluding carboxylic acids is 1. The topological polar surface area (TPSA) is 30.7 Å². The summed E-state index contributed by atoms with van der Waals surface area (Å²) in [5.74, 6) is 0.843. The summed E-state index contributed by atoms with van der Waals surface area (Å²) in [5.41, 5.74) is 6.10. The first-order valence-corrected chi connectivity index (χ1v) is 11.0. The molecule has 2 aromatic heterocycles. The Labute approximate surface area is 174 Å². The maximum absolute atomic E-state index is 12.0. The Morgan fingerprint density at radius 1 is 0.931 bits per heavy atom. The van der Waals surface area contributed by atoms with Crippen molar-refractivity contribution in [1.29, 1.82) is 0 Å². The Hall–Kier alpha value is -2.55. The fourth-order valence-corrected chi connectivity index (χ4v) is 3.97. The lowest BCUT2D eigenvalue weighted by atomic mass is 9.98. The highest BCUT2D eigenvalue weighted by Crippen LogP contribution is 2.35. The zero-order valence-corrected chi connectivity index (χ0v) is 18.0. The van der Waals surface area contributed by atoms with Gasteiger partial charge in [0, 0.05) is 22.8 Å². The van der Waals surface area contributed by atoms with Gasteiger partial charge in [-0.3, -0.25) is 4.79 Å². The van der Waals surface area contributed by atoms with E-state index in [2.05, 4.69) is 43.3 Å². The van der Waals surface area contributed by atoms with Crippen molar-refractivity contribution in [3.05, 3.63) is 59.4 Å². The van der Waals surface area contributed by atoms with E-state index in [4.69, 9.17) is 4.74 Å². The molecule has 0 aliphatic carbocycles. The third-order valence-corrected chi connectivity index (χ3v) is 5.52. The fraction of sp³-hybridized carbons (Fsp3) is 0.423. The van der Waals surface area contributed by atoms with Gasteiger partial charge in [-0.05, 0) is 62.1 Å². The molecule has 0 amide bonds. The van der Waals surface area contributed by atoms with Crippen LogP contribution in [0.5, 0.6) is 5.75 Å². The van der Waals surface area contributed by atoms with Crippen LogP contribution in [0.25, 0.3) is 16.6 Å². The van der Waals surface area contributed by atoms with Gasteiger partial charge in [0.15, 0.2) is 6.29 Å². The number of benzene rings is 1. The summed E-state index contributed by atoms with van der Waals surface area (Å²) in [6.07, 6.45) is 11.8. The largest absolute Gasteiger partial charge is 0.493 e. The first-order valence-electron chi connectivity index (χ1n) is 11.0. The van der Waals surface area contributed by atoms with Crippen LogP contribution in [0.1, 0.15) is 74.0 Å². The highest BCUT2D eigenvalue weighted by Gasteiger charge is 2.16. The van der Waals surface area contributed by atoms with E-state index in [1.54, 1.807) is 0 Å². The molecule has 3 rings (SSSR count). The van der Waals surface area contributed by atoms with E-state index in [9.17, 15) is 4.79 Å². The predicted molar refractivity (Wildman–Crippen MR) is 121 cm³/mol. The van der Waals surface area contributed by atoms with Crippen molar-refractivity contribution >= 4 is 11.8 Å². The number of ether oxygens (including phenoxy) is 1. The molecule has 0 atom stereocenters. The molecule has 3 heteroatoms. The average molecular weight is 392 g/mol. The lowest BCUT2D eigenvalue weighted by Crippen LogP contribution is -1.98. The number of aromatic nitrogens is 1. The second-order valence-corrected chi connectivity index (χ2v) is 7.84. The second-order valence-electron chi connectivity index (χ2n) is 7.84. The summed E-state index contributed by atoms with van der Waals surface area (Å²) in [4.78, 5) is 12.0. The standard InChI is InChI=1S/C26H33NO2/c1-4-6-7-8-9-10-11-21-13-15-26(29-5-2)24(16-21)23-17-22-14-12-20(3)18-27(22)25(23)19-28/h12-19H,4-11H2,1-3H3. The molecular formula is C26H33NO2. The molecule has 0 aliphatic rings. The van der Waals surface area contributed by atoms with Crippen LogP contribution >= 0.6 is 0 Å². The molecule has 0 aliphatic heterocycles. The molecular weight excluding hydrogens is 358 g/mol. The molecule has 1 aromatic carbocycles. The number of aldehydes is 1. The zero-order chi connectivity index (χ0) is 20.6. The van der Waals surface area contributed by atoms with Crippen LogP contribution in [0, 0.1) is 6.92 Å². The van der Waals surface area contributed by atoms with Crippen molar-refractivity contribution in [2.75, 3.05) is 6.61 Å². The molecule has 0 radical (unpaired) electrons. The Morgan fingerprint density at radius 3 is 2.48 bits per heavy atom. The van der Waals surface area contributed by atoms with Crippen molar-refractivity contribution in [1.82, 2.24) is 4.40 Å². The van der Waals surface area contributed by atoms with E-state index >= 15 is 0 Å². The number of hydrogen-bond donors (Lipinski definition) is 0. The van der Waals surface area contributed by atoms with Gasteiger partial charge in [0.05, 0.1) is 12.3 Å². The van der Waals surface area contributed by atoms with Crippen LogP contribution in [-0.4, -0.2) is 17.3 Å². The van der Waals surface area contributed by atoms with Gasteiger partial charge in [-0.1, -0.05) is 51.2 Å². The van der Waals surface area contributed by atoms with Crippen LogP contribution in [0.4, 0.5) is 0 Å². The van der Waals surface area contributed by atoms with Crippen LogP contribution < -0.4 is 4.74 Å². The normalized spacial score (nSPS) is 11.1. The summed E-state index contributed by atoms with van der Waals surface area (Å²) in [6.45, 7) is 6.89. The van der Waals surface area contributed by atoms with Crippen molar-refractivity contribution in [2.45, 2.75) is 65.7 Å². The number of aryl methyl sites for hydroxylation is 2. The van der Waals surface area contributed by atoms with E-state index in [1.165, 1.54) is 44.1 Å². The average Bonchev–Trinajstić information content (AvgIpc) is 3.09. The number of pyridine rings is 1. The molecule has 0 bridgehead atoms. The van der Waals surface area contributed by atoms with Gasteiger partial charge in [0.1, 0.15) is 5.75 Å². The highest BCUT2D eigenvalue weighted by molar-refractivity contribution is 5.91. The molecule has 2 heterocycles. The van der Waals surface area contributed by atoms with Crippen molar-refractivity contribution in [2.24, 2.45) is 0 Å². The fourth-order valence-electron chi connectivity index (χ4n) is 3.97. The van der Waals surface area contributed by atoms with Gasteiger partial charge in [0.2, 0.25) is 0 Å². The molecule has 0 unspecified atom stereocenters. The molecule has 3 nitrogen and oxygen atoms in total. The molecule has 3 aromatic rings. The maximum atomic E-state index is 12.0. The van der Waals surface area contributed by atoms with Gasteiger partial charge < -0.3 is 9.14 Å². The van der Waals surface area contributed by atoms with Crippen LogP contribution in [0.2, 0.25) is 0 Å². The molecule has 154 valence electrons. The molecule has 0 fully saturated rings. The molecule has 0 saturated heterocycles. The predicted octanol–water partition coefficient (Wildman–Crippen LogP) is 7.03. The summed E-state index contributed by atoms with van der Waals surface area (Å²) < 4.78 is 7.89. The molecule has 0 saturated carbocycles. The third kappa shape index (κ3) is 5.09. The van der Waals surface area contributed by atoms with Gasteiger partial charge in [-0.15, -0.1) is 0 Å². The van der Waals surface area contributed by atoms with Crippen LogP contribution in [0.15, 0.2) is 42.6 Å². The Balaban J connectivity index is 1.90. The van der Waals surface area contributed by atoms with Gasteiger partial charge in [0.25, 0.3) is 0 Å². The van der Waals surface area contributed by atoms with Crippen molar-refractivity contribution in [3.8, 4) is 16.9 Å². The Bertz CT molecular complexity index is 955. The number of rotatable bonds is 11. The Kier molecular flexibility index (Phi) is 7.51. The SMILES string of the molecule is CCCCCCCCc1ccc(OCC)c(-c2cc3ccc(C)cn3c2C=O)c1. The summed E-state index contributed by atoms with van der Waals surface area (Å²) in [5, 5.41) is 0. The maximum Gasteiger partial charge on any atom is 0.167 e. The van der Waals surface area contributed by atoms with E-state index in [1.807, 2.05) is 24.4 Å². The zero-order valence-electron chi connectivity index (χ0n) is 18.0. The third-order valence-electron chi connectivity index (χ3n) is 5.52. The highest BCUT2D eigenvalue weighted by atomic mass is 16.5. The smallest absolute Gasteiger partial charge is 0.167 e. The number of hydrogen-bond acceptors (Lipinski definition) is 2. The minimum atomic E-state index is 0.604. The van der Waals surface area contributed by atoms with Crippen LogP contribution in [0.3, 0.4) is 0 Å². The molecule has 0 N–H and O–H groups in total. The van der Waals surface area contributed by atoms with E-state index in [0.717, 1.165) is 40.7 Å². The number of nitrogens with zero attached hydrogens (tertiary/aromatic N) is 1. The Morgan fingerprint density at radius 2 is 1.72 bits per heavy atom. The summed E-state index contributed by atoms with van der Waals surface area (Å²) in [7, 11) is 0. The molecule has 0 spiro atoms. The van der Waals surface area contributed by atoms with Crippen LogP contribution in [-0.2, 0) is 6.42 Å². The van der Waals surface area contributed by atoms with Gasteiger partial charge in [-0.25, -0.2) is 0 Å². The number of unbranched alkanes of at least 4 members (excludes halogenated alkanes) is 5. The van der Waals surface area contributed by atoms with E-state index in [-0.39, 0.29) is 0 Å². The van der Waals surface area contributed by atoms with Gasteiger partial charge in [-0.2, -0.15) is 0 Å². The van der Waals surface area contributed by atoms with E-state index < -0.39 is 0 Å². The quantitative estimate of drug-likeness (QED) is 0.259. The lowest BCUT2D eigenvalue weighted by molar-refractivity contribution is 0.111. The molecule has 29 heavy (non-hydrogen) atoms. The number of carbonyl (C=O) groups is 1. The monoisotopic (exact) mass is 391 g/mol. The summed E-state index contributed by atoms with van der Waals surface area (Å²) in [6, 6.07) is 12.7. The minimum absolute atomic E-state index is 0.604. The van der Waals surface area contributed by atoms with Crippen molar-refractivity contribution in [3.63, 3.8) is 0 Å². The van der Waals surface area contributed by atoms with Gasteiger partial charge >= 0.3 is 0 Å². The first kappa shape index (κ1) is 21.2. The lowest BCUT2D eigenvalue weighted by Gasteiger charge is -2.12. The number of fused-ring (bicyclic) bond motifs is 1. The van der Waals surface area contributed by atoms with Crippen molar-refractivity contribution < 1.29 is 9.53 Å². The second kappa shape index (κ2) is 10.3. The van der Waals surface area contributed by atoms with E-state index in [0.29, 0.717) is 12.3 Å². The minimum Gasteiger partial charge on any atom is -0.493 e. The first-order chi connectivity index (χ1) is 14.2. The summed E-state index contributed by atoms with van der Waals surface area (Å²) >= 11 is 0.